The van der Waals surface area contributed by atoms with Gasteiger partial charge in [0.25, 0.3) is 0 Å². The number of allylic oxidation sites excluding steroid dienone is 7. The molecule has 0 saturated heterocycles. The Bertz CT molecular complexity index is 608. The summed E-state index contributed by atoms with van der Waals surface area (Å²) in [4.78, 5) is 0. The van der Waals surface area contributed by atoms with Crippen molar-refractivity contribution in [3.05, 3.63) is 70.3 Å². The SMILES string of the molecule is O/C(=C\C=C1C=CC=C1)c1cc(Br)ccc1OB(F)F. The monoisotopic (exact) mass is 338 g/mol. The van der Waals surface area contributed by atoms with E-state index >= 15 is 0 Å². The summed E-state index contributed by atoms with van der Waals surface area (Å²) < 4.78 is 29.7. The van der Waals surface area contributed by atoms with E-state index in [-0.39, 0.29) is 17.1 Å². The molecule has 0 bridgehead atoms. The van der Waals surface area contributed by atoms with Crippen LogP contribution in [0.25, 0.3) is 5.76 Å². The van der Waals surface area contributed by atoms with Crippen LogP contribution in [0.5, 0.6) is 5.75 Å². The number of aliphatic hydroxyl groups is 1. The minimum atomic E-state index is -2.94. The normalized spacial score (nSPS) is 13.8. The van der Waals surface area contributed by atoms with Gasteiger partial charge in [0.15, 0.2) is 0 Å². The maximum Gasteiger partial charge on any atom is 0.796 e. The molecule has 0 saturated carbocycles. The first-order valence-electron chi connectivity index (χ1n) is 5.76. The van der Waals surface area contributed by atoms with E-state index < -0.39 is 7.47 Å². The Morgan fingerprint density at radius 1 is 1.25 bits per heavy atom. The van der Waals surface area contributed by atoms with Crippen LogP contribution in [0.15, 0.2) is 64.7 Å². The van der Waals surface area contributed by atoms with Crippen molar-refractivity contribution in [2.75, 3.05) is 0 Å². The Kier molecular flexibility index (Phi) is 4.79. The minimum absolute atomic E-state index is 0.0761. The van der Waals surface area contributed by atoms with E-state index in [1.165, 1.54) is 18.2 Å². The number of aliphatic hydroxyl groups excluding tert-OH is 1. The lowest BCUT2D eigenvalue weighted by Gasteiger charge is -2.09. The van der Waals surface area contributed by atoms with Crippen molar-refractivity contribution in [2.45, 2.75) is 0 Å². The molecule has 102 valence electrons. The van der Waals surface area contributed by atoms with E-state index in [1.54, 1.807) is 12.1 Å². The Morgan fingerprint density at radius 3 is 2.60 bits per heavy atom. The first-order chi connectivity index (χ1) is 9.56. The number of halogens is 3. The molecule has 1 aromatic carbocycles. The summed E-state index contributed by atoms with van der Waals surface area (Å²) in [6, 6.07) is 4.45. The van der Waals surface area contributed by atoms with Crippen LogP contribution in [-0.4, -0.2) is 12.6 Å². The average molecular weight is 339 g/mol. The molecule has 2 rings (SSSR count). The van der Waals surface area contributed by atoms with Crippen LogP contribution in [-0.2, 0) is 0 Å². The smallest absolute Gasteiger partial charge is 0.507 e. The maximum absolute atomic E-state index is 12.3. The van der Waals surface area contributed by atoms with Crippen molar-refractivity contribution in [3.8, 4) is 5.75 Å². The quantitative estimate of drug-likeness (QED) is 0.636. The van der Waals surface area contributed by atoms with Crippen LogP contribution in [0.4, 0.5) is 8.63 Å². The summed E-state index contributed by atoms with van der Waals surface area (Å²) in [6.45, 7) is 0. The average Bonchev–Trinajstić information content (AvgIpc) is 2.90. The van der Waals surface area contributed by atoms with Gasteiger partial charge < -0.3 is 9.76 Å². The number of hydrogen-bond acceptors (Lipinski definition) is 2. The highest BCUT2D eigenvalue weighted by Crippen LogP contribution is 2.29. The zero-order chi connectivity index (χ0) is 14.5. The van der Waals surface area contributed by atoms with Crippen molar-refractivity contribution in [1.82, 2.24) is 0 Å². The van der Waals surface area contributed by atoms with Gasteiger partial charge in [0.05, 0.1) is 5.56 Å². The molecule has 1 aromatic rings. The molecule has 0 amide bonds. The van der Waals surface area contributed by atoms with Crippen molar-refractivity contribution in [1.29, 1.82) is 0 Å². The fraction of sp³-hybridized carbons (Fsp3) is 0. The summed E-state index contributed by atoms with van der Waals surface area (Å²) in [5, 5.41) is 10.0. The predicted molar refractivity (Wildman–Crippen MR) is 79.7 cm³/mol. The molecular formula is C14H10BBrF2O2. The Morgan fingerprint density at radius 2 is 1.95 bits per heavy atom. The molecule has 0 spiro atoms. The van der Waals surface area contributed by atoms with Crippen LogP contribution in [0.1, 0.15) is 5.56 Å². The molecule has 1 N–H and O–H groups in total. The topological polar surface area (TPSA) is 29.5 Å². The third-order valence-corrected chi connectivity index (χ3v) is 3.05. The van der Waals surface area contributed by atoms with Gasteiger partial charge in [-0.25, -0.2) is 8.63 Å². The standard InChI is InChI=1S/C14H10BBrF2O2/c16-11-6-8-14(20-15(17)18)12(9-11)13(19)7-5-10-3-1-2-4-10/h1-9,19H/b13-7-. The molecule has 0 aliphatic heterocycles. The van der Waals surface area contributed by atoms with Crippen molar-refractivity contribution < 1.29 is 18.4 Å². The molecule has 0 heterocycles. The fourth-order valence-corrected chi connectivity index (χ4v) is 2.03. The first-order valence-corrected chi connectivity index (χ1v) is 6.56. The third kappa shape index (κ3) is 3.84. The van der Waals surface area contributed by atoms with Crippen molar-refractivity contribution in [3.63, 3.8) is 0 Å². The molecule has 0 radical (unpaired) electrons. The molecular weight excluding hydrogens is 329 g/mol. The lowest BCUT2D eigenvalue weighted by Crippen LogP contribution is -2.09. The summed E-state index contributed by atoms with van der Waals surface area (Å²) in [5.41, 5.74) is 1.10. The molecule has 20 heavy (non-hydrogen) atoms. The Balaban J connectivity index is 2.32. The fourth-order valence-electron chi connectivity index (χ4n) is 1.67. The maximum atomic E-state index is 12.3. The molecule has 0 aromatic heterocycles. The summed E-state index contributed by atoms with van der Waals surface area (Å²) in [5.74, 6) is -0.226. The van der Waals surface area contributed by atoms with E-state index in [2.05, 4.69) is 20.6 Å². The van der Waals surface area contributed by atoms with E-state index in [1.807, 2.05) is 24.3 Å². The zero-order valence-electron chi connectivity index (χ0n) is 10.3. The highest BCUT2D eigenvalue weighted by Gasteiger charge is 2.20. The largest absolute Gasteiger partial charge is 0.796 e. The minimum Gasteiger partial charge on any atom is -0.507 e. The highest BCUT2D eigenvalue weighted by atomic mass is 79.9. The second-order valence-corrected chi connectivity index (χ2v) is 4.87. The zero-order valence-corrected chi connectivity index (χ0v) is 11.8. The highest BCUT2D eigenvalue weighted by molar-refractivity contribution is 9.10. The summed E-state index contributed by atoms with van der Waals surface area (Å²) in [7, 11) is -2.94. The van der Waals surface area contributed by atoms with E-state index in [0.717, 1.165) is 5.57 Å². The second-order valence-electron chi connectivity index (χ2n) is 3.96. The summed E-state index contributed by atoms with van der Waals surface area (Å²) in [6.07, 6.45) is 10.6. The third-order valence-electron chi connectivity index (χ3n) is 2.56. The van der Waals surface area contributed by atoms with Gasteiger partial charge in [0.1, 0.15) is 11.5 Å². The Hall–Kier alpha value is -1.82. The van der Waals surface area contributed by atoms with Gasteiger partial charge in [-0.2, -0.15) is 0 Å². The van der Waals surface area contributed by atoms with Crippen LogP contribution in [0.3, 0.4) is 0 Å². The second kappa shape index (κ2) is 6.57. The van der Waals surface area contributed by atoms with E-state index in [0.29, 0.717) is 4.47 Å². The Labute approximate surface area is 124 Å². The van der Waals surface area contributed by atoms with Gasteiger partial charge in [0.2, 0.25) is 0 Å². The molecule has 1 aliphatic rings. The van der Waals surface area contributed by atoms with Crippen LogP contribution < -0.4 is 4.65 Å². The van der Waals surface area contributed by atoms with E-state index in [9.17, 15) is 13.7 Å². The van der Waals surface area contributed by atoms with Gasteiger partial charge >= 0.3 is 7.47 Å². The van der Waals surface area contributed by atoms with E-state index in [4.69, 9.17) is 0 Å². The van der Waals surface area contributed by atoms with Crippen LogP contribution in [0.2, 0.25) is 0 Å². The van der Waals surface area contributed by atoms with Gasteiger partial charge in [0, 0.05) is 4.47 Å². The lowest BCUT2D eigenvalue weighted by molar-refractivity contribution is 0.421. The molecule has 2 nitrogen and oxygen atoms in total. The molecule has 6 heteroatoms. The van der Waals surface area contributed by atoms with Gasteiger partial charge in [-0.3, -0.25) is 0 Å². The lowest BCUT2D eigenvalue weighted by atomic mass is 10.1. The number of hydrogen-bond donors (Lipinski definition) is 1. The molecule has 0 atom stereocenters. The van der Waals surface area contributed by atoms with Gasteiger partial charge in [-0.1, -0.05) is 46.3 Å². The predicted octanol–water partition coefficient (Wildman–Crippen LogP) is 4.70. The van der Waals surface area contributed by atoms with Crippen molar-refractivity contribution in [2.24, 2.45) is 0 Å². The summed E-state index contributed by atoms with van der Waals surface area (Å²) >= 11 is 3.23. The number of benzene rings is 1. The number of rotatable bonds is 4. The van der Waals surface area contributed by atoms with Gasteiger partial charge in [-0.15, -0.1) is 0 Å². The molecule has 0 unspecified atom stereocenters. The first kappa shape index (κ1) is 14.6. The van der Waals surface area contributed by atoms with Crippen LogP contribution >= 0.6 is 15.9 Å². The van der Waals surface area contributed by atoms with Crippen molar-refractivity contribution >= 4 is 29.2 Å². The van der Waals surface area contributed by atoms with Crippen LogP contribution in [0, 0.1) is 0 Å². The molecule has 1 aliphatic carbocycles. The molecule has 0 fully saturated rings. The van der Waals surface area contributed by atoms with Gasteiger partial charge in [-0.05, 0) is 29.8 Å².